The predicted molar refractivity (Wildman–Crippen MR) is 99.0 cm³/mol. The van der Waals surface area contributed by atoms with E-state index in [0.29, 0.717) is 0 Å². The molecule has 0 unspecified atom stereocenters. The summed E-state index contributed by atoms with van der Waals surface area (Å²) in [5.41, 5.74) is 0. The van der Waals surface area contributed by atoms with Gasteiger partial charge in [-0.05, 0) is 94.3 Å². The van der Waals surface area contributed by atoms with Crippen LogP contribution in [0.3, 0.4) is 0 Å². The van der Waals surface area contributed by atoms with Gasteiger partial charge in [-0.15, -0.1) is 0 Å². The minimum Gasteiger partial charge on any atom is -0.0885 e. The lowest BCUT2D eigenvalue weighted by atomic mass is 9.79. The maximum atomic E-state index is 2.56. The maximum absolute atomic E-state index is 2.56. The molecule has 0 heteroatoms. The standard InChI is InChI=1S/C22H38/c1-3-5-8-20-15-17-22(18-16-20)10-7-6-9-21-13-11-19(4-2)12-14-21/h5-6,8-9,19-22H,3-4,7,10-18H2,1-2H3/t19-,20-,21-,22-. The molecule has 0 saturated heterocycles. The van der Waals surface area contributed by atoms with E-state index in [2.05, 4.69) is 38.2 Å². The van der Waals surface area contributed by atoms with E-state index in [9.17, 15) is 0 Å². The van der Waals surface area contributed by atoms with Gasteiger partial charge < -0.3 is 0 Å². The highest BCUT2D eigenvalue weighted by Crippen LogP contribution is 2.33. The van der Waals surface area contributed by atoms with E-state index in [-0.39, 0.29) is 0 Å². The minimum atomic E-state index is 0.889. The molecule has 0 amide bonds. The zero-order chi connectivity index (χ0) is 15.6. The minimum absolute atomic E-state index is 0.889. The molecule has 2 saturated carbocycles. The van der Waals surface area contributed by atoms with Crippen molar-refractivity contribution in [2.24, 2.45) is 23.7 Å². The van der Waals surface area contributed by atoms with E-state index < -0.39 is 0 Å². The van der Waals surface area contributed by atoms with Crippen LogP contribution in [0.1, 0.15) is 90.9 Å². The molecule has 2 aliphatic rings. The summed E-state index contributed by atoms with van der Waals surface area (Å²) < 4.78 is 0. The molecular formula is C22H38. The van der Waals surface area contributed by atoms with Crippen molar-refractivity contribution in [3.63, 3.8) is 0 Å². The number of rotatable bonds is 7. The van der Waals surface area contributed by atoms with Crippen LogP contribution in [-0.2, 0) is 0 Å². The highest BCUT2D eigenvalue weighted by Gasteiger charge is 2.19. The first-order valence-electron chi connectivity index (χ1n) is 10.1. The van der Waals surface area contributed by atoms with Crippen molar-refractivity contribution in [1.29, 1.82) is 0 Å². The molecule has 0 aliphatic heterocycles. The van der Waals surface area contributed by atoms with E-state index in [1.165, 1.54) is 77.0 Å². The normalized spacial score (nSPS) is 33.7. The number of hydrogen-bond acceptors (Lipinski definition) is 0. The quantitative estimate of drug-likeness (QED) is 0.432. The summed E-state index contributed by atoms with van der Waals surface area (Å²) in [4.78, 5) is 0. The van der Waals surface area contributed by atoms with Crippen molar-refractivity contribution < 1.29 is 0 Å². The van der Waals surface area contributed by atoms with Gasteiger partial charge in [0.05, 0.1) is 0 Å². The summed E-state index contributed by atoms with van der Waals surface area (Å²) in [6.45, 7) is 4.59. The lowest BCUT2D eigenvalue weighted by molar-refractivity contribution is 0.295. The molecule has 0 nitrogen and oxygen atoms in total. The average Bonchev–Trinajstić information content (AvgIpc) is 2.58. The molecule has 0 atom stereocenters. The lowest BCUT2D eigenvalue weighted by Crippen LogP contribution is -2.13. The molecule has 22 heavy (non-hydrogen) atoms. The van der Waals surface area contributed by atoms with Crippen LogP contribution in [0.15, 0.2) is 24.3 Å². The van der Waals surface area contributed by atoms with Gasteiger partial charge in [0.1, 0.15) is 0 Å². The van der Waals surface area contributed by atoms with Gasteiger partial charge in [0, 0.05) is 0 Å². The van der Waals surface area contributed by atoms with Gasteiger partial charge in [0.15, 0.2) is 0 Å². The van der Waals surface area contributed by atoms with E-state index in [1.54, 1.807) is 0 Å². The largest absolute Gasteiger partial charge is 0.0885 e. The van der Waals surface area contributed by atoms with Crippen LogP contribution in [0.5, 0.6) is 0 Å². The Morgan fingerprint density at radius 2 is 1.23 bits per heavy atom. The van der Waals surface area contributed by atoms with Gasteiger partial charge in [0.25, 0.3) is 0 Å². The van der Waals surface area contributed by atoms with E-state index in [4.69, 9.17) is 0 Å². The van der Waals surface area contributed by atoms with Gasteiger partial charge in [-0.25, -0.2) is 0 Å². The maximum Gasteiger partial charge on any atom is -0.0233 e. The van der Waals surface area contributed by atoms with Crippen molar-refractivity contribution in [3.8, 4) is 0 Å². The highest BCUT2D eigenvalue weighted by atomic mass is 14.2. The average molecular weight is 303 g/mol. The molecule has 0 aromatic carbocycles. The fraction of sp³-hybridized carbons (Fsp3) is 0.818. The third kappa shape index (κ3) is 6.31. The van der Waals surface area contributed by atoms with Crippen LogP contribution in [-0.4, -0.2) is 0 Å². The molecule has 0 N–H and O–H groups in total. The van der Waals surface area contributed by atoms with E-state index >= 15 is 0 Å². The molecule has 0 heterocycles. The third-order valence-electron chi connectivity index (χ3n) is 6.15. The molecule has 2 aliphatic carbocycles. The van der Waals surface area contributed by atoms with Crippen molar-refractivity contribution in [1.82, 2.24) is 0 Å². The zero-order valence-corrected chi connectivity index (χ0v) is 15.1. The monoisotopic (exact) mass is 302 g/mol. The Labute approximate surface area is 139 Å². The van der Waals surface area contributed by atoms with Crippen molar-refractivity contribution in [3.05, 3.63) is 24.3 Å². The van der Waals surface area contributed by atoms with Gasteiger partial charge >= 0.3 is 0 Å². The van der Waals surface area contributed by atoms with Crippen LogP contribution in [0, 0.1) is 23.7 Å². The molecule has 126 valence electrons. The Morgan fingerprint density at radius 3 is 1.77 bits per heavy atom. The smallest absolute Gasteiger partial charge is 0.0233 e. The topological polar surface area (TPSA) is 0 Å². The van der Waals surface area contributed by atoms with Crippen LogP contribution in [0.2, 0.25) is 0 Å². The van der Waals surface area contributed by atoms with E-state index in [1.807, 2.05) is 0 Å². The second kappa shape index (κ2) is 10.3. The SMILES string of the molecule is CCC=C[C@H]1CC[C@H](CCC=C[C@H]2CC[C@H](CC)CC2)CC1. The van der Waals surface area contributed by atoms with Crippen LogP contribution in [0.4, 0.5) is 0 Å². The summed E-state index contributed by atoms with van der Waals surface area (Å²) in [5, 5.41) is 0. The van der Waals surface area contributed by atoms with Crippen LogP contribution in [0.25, 0.3) is 0 Å². The Morgan fingerprint density at radius 1 is 0.682 bits per heavy atom. The second-order valence-corrected chi connectivity index (χ2v) is 7.81. The molecule has 0 spiro atoms. The number of allylic oxidation sites excluding steroid dienone is 4. The summed E-state index contributed by atoms with van der Waals surface area (Å²) in [6, 6.07) is 0. The summed E-state index contributed by atoms with van der Waals surface area (Å²) in [5.74, 6) is 3.83. The van der Waals surface area contributed by atoms with Crippen LogP contribution >= 0.6 is 0 Å². The van der Waals surface area contributed by atoms with Gasteiger partial charge in [-0.1, -0.05) is 44.6 Å². The molecule has 0 radical (unpaired) electrons. The molecular weight excluding hydrogens is 264 g/mol. The lowest BCUT2D eigenvalue weighted by Gasteiger charge is -2.27. The fourth-order valence-electron chi connectivity index (χ4n) is 4.41. The Bertz CT molecular complexity index is 322. The molecule has 2 fully saturated rings. The van der Waals surface area contributed by atoms with Gasteiger partial charge in [0.2, 0.25) is 0 Å². The van der Waals surface area contributed by atoms with Gasteiger partial charge in [-0.2, -0.15) is 0 Å². The van der Waals surface area contributed by atoms with E-state index in [0.717, 1.165) is 23.7 Å². The van der Waals surface area contributed by atoms with Crippen molar-refractivity contribution >= 4 is 0 Å². The zero-order valence-electron chi connectivity index (χ0n) is 15.1. The van der Waals surface area contributed by atoms with Gasteiger partial charge in [-0.3, -0.25) is 0 Å². The molecule has 0 aromatic heterocycles. The molecule has 0 aromatic rings. The number of hydrogen-bond donors (Lipinski definition) is 0. The predicted octanol–water partition coefficient (Wildman–Crippen LogP) is 7.31. The van der Waals surface area contributed by atoms with Crippen molar-refractivity contribution in [2.75, 3.05) is 0 Å². The Hall–Kier alpha value is -0.520. The molecule has 2 rings (SSSR count). The second-order valence-electron chi connectivity index (χ2n) is 7.81. The molecule has 0 bridgehead atoms. The van der Waals surface area contributed by atoms with Crippen LogP contribution < -0.4 is 0 Å². The first-order chi connectivity index (χ1) is 10.8. The summed E-state index contributed by atoms with van der Waals surface area (Å²) >= 11 is 0. The first kappa shape index (κ1) is 17.8. The Balaban J connectivity index is 1.56. The first-order valence-corrected chi connectivity index (χ1v) is 10.1. The van der Waals surface area contributed by atoms with Crippen molar-refractivity contribution in [2.45, 2.75) is 90.9 Å². The third-order valence-corrected chi connectivity index (χ3v) is 6.15. The fourth-order valence-corrected chi connectivity index (χ4v) is 4.41. The Kier molecular flexibility index (Phi) is 8.34. The summed E-state index contributed by atoms with van der Waals surface area (Å²) in [7, 11) is 0. The highest BCUT2D eigenvalue weighted by molar-refractivity contribution is 4.93. The summed E-state index contributed by atoms with van der Waals surface area (Å²) in [6.07, 6.45) is 26.9.